The van der Waals surface area contributed by atoms with Crippen LogP contribution in [0.4, 0.5) is 0 Å². The standard InChI is InChI=1S/C14H24N4/c1-3-13-11-18(10-6-8-16)14(4-2)12-17(13)9-5-7-15/h13-14H,3-6,9-12H2,1-2H3/t13-,14-/m0/s1. The Kier molecular flexibility index (Phi) is 6.72. The highest BCUT2D eigenvalue weighted by atomic mass is 15.3. The van der Waals surface area contributed by atoms with E-state index in [1.165, 1.54) is 0 Å². The molecule has 1 fully saturated rings. The average Bonchev–Trinajstić information content (AvgIpc) is 2.42. The molecule has 4 nitrogen and oxygen atoms in total. The van der Waals surface area contributed by atoms with E-state index in [0.29, 0.717) is 24.9 Å². The van der Waals surface area contributed by atoms with Gasteiger partial charge in [-0.1, -0.05) is 13.8 Å². The van der Waals surface area contributed by atoms with Crippen LogP contribution in [0.1, 0.15) is 39.5 Å². The topological polar surface area (TPSA) is 54.1 Å². The molecule has 2 atom stereocenters. The number of hydrogen-bond donors (Lipinski definition) is 0. The quantitative estimate of drug-likeness (QED) is 0.721. The van der Waals surface area contributed by atoms with Crippen LogP contribution in [0, 0.1) is 22.7 Å². The van der Waals surface area contributed by atoms with E-state index in [2.05, 4.69) is 35.8 Å². The van der Waals surface area contributed by atoms with E-state index < -0.39 is 0 Å². The molecule has 1 aliphatic heterocycles. The maximum absolute atomic E-state index is 8.72. The van der Waals surface area contributed by atoms with Crippen LogP contribution >= 0.6 is 0 Å². The van der Waals surface area contributed by atoms with Crippen LogP contribution in [0.5, 0.6) is 0 Å². The molecule has 1 heterocycles. The molecule has 0 unspecified atom stereocenters. The Morgan fingerprint density at radius 3 is 1.56 bits per heavy atom. The van der Waals surface area contributed by atoms with Crippen molar-refractivity contribution < 1.29 is 0 Å². The Balaban J connectivity index is 2.61. The van der Waals surface area contributed by atoms with Gasteiger partial charge in [-0.15, -0.1) is 0 Å². The Hall–Kier alpha value is -1.10. The summed E-state index contributed by atoms with van der Waals surface area (Å²) in [6.45, 7) is 8.27. The van der Waals surface area contributed by atoms with Gasteiger partial charge in [0.2, 0.25) is 0 Å². The fraction of sp³-hybridized carbons (Fsp3) is 0.857. The minimum atomic E-state index is 0.542. The van der Waals surface area contributed by atoms with E-state index in [-0.39, 0.29) is 0 Å². The van der Waals surface area contributed by atoms with E-state index in [1.807, 2.05) is 0 Å². The zero-order chi connectivity index (χ0) is 13.4. The molecule has 0 radical (unpaired) electrons. The van der Waals surface area contributed by atoms with Gasteiger partial charge in [-0.2, -0.15) is 10.5 Å². The molecule has 1 saturated heterocycles. The minimum absolute atomic E-state index is 0.542. The highest BCUT2D eigenvalue weighted by molar-refractivity contribution is 4.90. The fourth-order valence-electron chi connectivity index (χ4n) is 2.78. The molecule has 0 spiro atoms. The van der Waals surface area contributed by atoms with Gasteiger partial charge in [0.25, 0.3) is 0 Å². The summed E-state index contributed by atoms with van der Waals surface area (Å²) in [5.41, 5.74) is 0. The van der Waals surface area contributed by atoms with Crippen molar-refractivity contribution >= 4 is 0 Å². The first-order chi connectivity index (χ1) is 8.76. The van der Waals surface area contributed by atoms with Crippen LogP contribution in [0.3, 0.4) is 0 Å². The third kappa shape index (κ3) is 3.98. The molecule has 18 heavy (non-hydrogen) atoms. The molecular formula is C14H24N4. The first-order valence-corrected chi connectivity index (χ1v) is 6.98. The van der Waals surface area contributed by atoms with Crippen LogP contribution in [-0.4, -0.2) is 48.1 Å². The van der Waals surface area contributed by atoms with Crippen molar-refractivity contribution in [3.8, 4) is 12.1 Å². The molecule has 0 aromatic rings. The van der Waals surface area contributed by atoms with Gasteiger partial charge in [-0.3, -0.25) is 9.80 Å². The third-order valence-electron chi connectivity index (χ3n) is 3.89. The summed E-state index contributed by atoms with van der Waals surface area (Å²) in [7, 11) is 0. The molecule has 0 amide bonds. The summed E-state index contributed by atoms with van der Waals surface area (Å²) in [5.74, 6) is 0. The molecule has 1 rings (SSSR count). The van der Waals surface area contributed by atoms with E-state index >= 15 is 0 Å². The molecular weight excluding hydrogens is 224 g/mol. The summed E-state index contributed by atoms with van der Waals surface area (Å²) in [5, 5.41) is 17.4. The summed E-state index contributed by atoms with van der Waals surface area (Å²) < 4.78 is 0. The molecule has 0 aromatic carbocycles. The summed E-state index contributed by atoms with van der Waals surface area (Å²) >= 11 is 0. The molecule has 0 aromatic heterocycles. The highest BCUT2D eigenvalue weighted by Crippen LogP contribution is 2.20. The van der Waals surface area contributed by atoms with Gasteiger partial charge in [-0.05, 0) is 12.8 Å². The van der Waals surface area contributed by atoms with E-state index in [0.717, 1.165) is 39.0 Å². The average molecular weight is 248 g/mol. The van der Waals surface area contributed by atoms with Gasteiger partial charge in [0, 0.05) is 51.1 Å². The molecule has 0 N–H and O–H groups in total. The third-order valence-corrected chi connectivity index (χ3v) is 3.89. The first kappa shape index (κ1) is 15.0. The first-order valence-electron chi connectivity index (χ1n) is 6.98. The second kappa shape index (κ2) is 8.08. The monoisotopic (exact) mass is 248 g/mol. The lowest BCUT2D eigenvalue weighted by molar-refractivity contribution is 0.0273. The number of nitrogens with zero attached hydrogens (tertiary/aromatic N) is 4. The molecule has 0 aliphatic carbocycles. The van der Waals surface area contributed by atoms with Crippen molar-refractivity contribution in [2.45, 2.75) is 51.6 Å². The lowest BCUT2D eigenvalue weighted by atomic mass is 10.0. The van der Waals surface area contributed by atoms with Crippen molar-refractivity contribution in [1.82, 2.24) is 9.80 Å². The van der Waals surface area contributed by atoms with Crippen molar-refractivity contribution in [2.75, 3.05) is 26.2 Å². The van der Waals surface area contributed by atoms with E-state index in [9.17, 15) is 0 Å². The predicted octanol–water partition coefficient (Wildman–Crippen LogP) is 1.99. The van der Waals surface area contributed by atoms with Gasteiger partial charge < -0.3 is 0 Å². The maximum Gasteiger partial charge on any atom is 0.0635 e. The summed E-state index contributed by atoms with van der Waals surface area (Å²) in [6.07, 6.45) is 3.46. The molecule has 0 saturated carbocycles. The van der Waals surface area contributed by atoms with Crippen LogP contribution in [0.15, 0.2) is 0 Å². The second-order valence-electron chi connectivity index (χ2n) is 4.93. The van der Waals surface area contributed by atoms with Crippen LogP contribution in [-0.2, 0) is 0 Å². The highest BCUT2D eigenvalue weighted by Gasteiger charge is 2.31. The van der Waals surface area contributed by atoms with Crippen molar-refractivity contribution in [3.05, 3.63) is 0 Å². The lowest BCUT2D eigenvalue weighted by Crippen LogP contribution is -2.58. The fourth-order valence-corrected chi connectivity index (χ4v) is 2.78. The van der Waals surface area contributed by atoms with E-state index in [1.54, 1.807) is 0 Å². The lowest BCUT2D eigenvalue weighted by Gasteiger charge is -2.46. The Labute approximate surface area is 111 Å². The smallest absolute Gasteiger partial charge is 0.0635 e. The zero-order valence-electron chi connectivity index (χ0n) is 11.6. The molecule has 100 valence electrons. The predicted molar refractivity (Wildman–Crippen MR) is 71.8 cm³/mol. The largest absolute Gasteiger partial charge is 0.297 e. The van der Waals surface area contributed by atoms with Crippen molar-refractivity contribution in [3.63, 3.8) is 0 Å². The SMILES string of the molecule is CC[C@H]1CN(CCC#N)[C@@H](CC)CN1CCC#N. The van der Waals surface area contributed by atoms with Gasteiger partial charge >= 0.3 is 0 Å². The normalized spacial score (nSPS) is 25.6. The Bertz CT molecular complexity index is 283. The van der Waals surface area contributed by atoms with Gasteiger partial charge in [0.15, 0.2) is 0 Å². The van der Waals surface area contributed by atoms with Crippen LogP contribution < -0.4 is 0 Å². The maximum atomic E-state index is 8.72. The van der Waals surface area contributed by atoms with Gasteiger partial charge in [0.05, 0.1) is 12.1 Å². The number of rotatable bonds is 6. The molecule has 0 bridgehead atoms. The van der Waals surface area contributed by atoms with Crippen LogP contribution in [0.25, 0.3) is 0 Å². The molecule has 1 aliphatic rings. The minimum Gasteiger partial charge on any atom is -0.297 e. The van der Waals surface area contributed by atoms with Gasteiger partial charge in [-0.25, -0.2) is 0 Å². The Morgan fingerprint density at radius 2 is 1.28 bits per heavy atom. The summed E-state index contributed by atoms with van der Waals surface area (Å²) in [6, 6.07) is 5.56. The number of hydrogen-bond acceptors (Lipinski definition) is 4. The van der Waals surface area contributed by atoms with Crippen molar-refractivity contribution in [1.29, 1.82) is 10.5 Å². The van der Waals surface area contributed by atoms with Gasteiger partial charge in [0.1, 0.15) is 0 Å². The van der Waals surface area contributed by atoms with Crippen molar-refractivity contribution in [2.24, 2.45) is 0 Å². The second-order valence-corrected chi connectivity index (χ2v) is 4.93. The number of nitriles is 2. The number of piperazine rings is 1. The Morgan fingerprint density at radius 1 is 0.889 bits per heavy atom. The van der Waals surface area contributed by atoms with Crippen LogP contribution in [0.2, 0.25) is 0 Å². The zero-order valence-corrected chi connectivity index (χ0v) is 11.6. The summed E-state index contributed by atoms with van der Waals surface area (Å²) in [4.78, 5) is 4.92. The molecule has 4 heteroatoms. The van der Waals surface area contributed by atoms with E-state index in [4.69, 9.17) is 10.5 Å².